The number of Topliss-reactive ketones (excluding diaryl/α,β-unsaturated/α-hetero) is 1. The molecule has 1 aliphatic carbocycles. The molecular formula is C26H18F2N2O4. The molecule has 2 aromatic heterocycles. The predicted molar refractivity (Wildman–Crippen MR) is 120 cm³/mol. The number of ketones is 1. The third kappa shape index (κ3) is 3.42. The summed E-state index contributed by atoms with van der Waals surface area (Å²) in [7, 11) is 0. The summed E-state index contributed by atoms with van der Waals surface area (Å²) in [6, 6.07) is 17.3. The van der Waals surface area contributed by atoms with Crippen molar-refractivity contribution in [1.82, 2.24) is 9.97 Å². The first-order valence-electron chi connectivity index (χ1n) is 10.8. The highest BCUT2D eigenvalue weighted by molar-refractivity contribution is 5.97. The van der Waals surface area contributed by atoms with Crippen LogP contribution < -0.4 is 15.0 Å². The highest BCUT2D eigenvalue weighted by atomic mass is 19.3. The van der Waals surface area contributed by atoms with Gasteiger partial charge in [-0.1, -0.05) is 30.3 Å². The molecule has 1 N–H and O–H groups in total. The average Bonchev–Trinajstić information content (AvgIpc) is 3.56. The third-order valence-electron chi connectivity index (χ3n) is 6.43. The van der Waals surface area contributed by atoms with E-state index in [1.54, 1.807) is 18.3 Å². The number of pyridine rings is 2. The Hall–Kier alpha value is -4.07. The SMILES string of the molecule is O=C(Cc1cc2ccccc2c(-c2ccc(=O)[nH]c2)n1)C1(c2ccc3c(c2)OC(F)(F)O3)CC1. The van der Waals surface area contributed by atoms with Gasteiger partial charge in [0.25, 0.3) is 0 Å². The van der Waals surface area contributed by atoms with Crippen molar-refractivity contribution in [3.8, 4) is 22.8 Å². The van der Waals surface area contributed by atoms with Crippen molar-refractivity contribution in [3.63, 3.8) is 0 Å². The zero-order valence-electron chi connectivity index (χ0n) is 17.8. The number of nitrogens with one attached hydrogen (secondary N) is 1. The normalized spacial score (nSPS) is 17.0. The molecule has 0 amide bonds. The van der Waals surface area contributed by atoms with Crippen LogP contribution in [0.1, 0.15) is 24.1 Å². The first-order valence-corrected chi connectivity index (χ1v) is 10.8. The fourth-order valence-electron chi connectivity index (χ4n) is 4.56. The number of ether oxygens (including phenoxy) is 2. The number of carbonyl (C=O) groups is 1. The molecule has 4 aromatic rings. The Morgan fingerprint density at radius 3 is 2.56 bits per heavy atom. The predicted octanol–water partition coefficient (Wildman–Crippen LogP) is 4.76. The number of carbonyl (C=O) groups excluding carboxylic acids is 1. The summed E-state index contributed by atoms with van der Waals surface area (Å²) in [5.41, 5.74) is 1.69. The van der Waals surface area contributed by atoms with Gasteiger partial charge in [0.05, 0.1) is 11.1 Å². The second kappa shape index (κ2) is 7.21. The molecule has 0 bridgehead atoms. The number of H-pyrrole nitrogens is 1. The molecule has 0 saturated heterocycles. The molecule has 170 valence electrons. The van der Waals surface area contributed by atoms with E-state index in [2.05, 4.69) is 14.5 Å². The minimum absolute atomic E-state index is 0.0340. The molecule has 0 radical (unpaired) electrons. The van der Waals surface area contributed by atoms with Gasteiger partial charge in [0.15, 0.2) is 11.5 Å². The second-order valence-electron chi connectivity index (χ2n) is 8.64. The lowest BCUT2D eigenvalue weighted by Gasteiger charge is -2.16. The van der Waals surface area contributed by atoms with Crippen molar-refractivity contribution >= 4 is 16.6 Å². The highest BCUT2D eigenvalue weighted by Crippen LogP contribution is 2.52. The maximum atomic E-state index is 13.4. The Kier molecular flexibility index (Phi) is 4.36. The monoisotopic (exact) mass is 460 g/mol. The number of aromatic nitrogens is 2. The van der Waals surface area contributed by atoms with Crippen LogP contribution in [-0.2, 0) is 16.6 Å². The summed E-state index contributed by atoms with van der Waals surface area (Å²) in [4.78, 5) is 32.4. The van der Waals surface area contributed by atoms with E-state index < -0.39 is 11.7 Å². The van der Waals surface area contributed by atoms with Gasteiger partial charge in [-0.25, -0.2) is 0 Å². The number of aromatic amines is 1. The zero-order chi connectivity index (χ0) is 23.5. The van der Waals surface area contributed by atoms with Gasteiger partial charge in [-0.15, -0.1) is 8.78 Å². The number of nitrogens with zero attached hydrogens (tertiary/aromatic N) is 1. The van der Waals surface area contributed by atoms with Crippen LogP contribution in [0.2, 0.25) is 0 Å². The van der Waals surface area contributed by atoms with Crippen LogP contribution in [0.3, 0.4) is 0 Å². The summed E-state index contributed by atoms with van der Waals surface area (Å²) in [5.74, 6) is -0.141. The largest absolute Gasteiger partial charge is 0.586 e. The number of fused-ring (bicyclic) bond motifs is 2. The van der Waals surface area contributed by atoms with Crippen LogP contribution in [0.25, 0.3) is 22.0 Å². The summed E-state index contributed by atoms with van der Waals surface area (Å²) >= 11 is 0. The molecule has 1 saturated carbocycles. The van der Waals surface area contributed by atoms with Gasteiger partial charge >= 0.3 is 6.29 Å². The number of hydrogen-bond acceptors (Lipinski definition) is 5. The molecule has 6 nitrogen and oxygen atoms in total. The Morgan fingerprint density at radius 1 is 1.00 bits per heavy atom. The van der Waals surface area contributed by atoms with Gasteiger partial charge in [0.2, 0.25) is 5.56 Å². The van der Waals surface area contributed by atoms with E-state index in [4.69, 9.17) is 4.98 Å². The Bertz CT molecular complexity index is 1500. The smallest absolute Gasteiger partial charge is 0.395 e. The third-order valence-corrected chi connectivity index (χ3v) is 6.43. The average molecular weight is 460 g/mol. The van der Waals surface area contributed by atoms with Gasteiger partial charge in [-0.2, -0.15) is 0 Å². The summed E-state index contributed by atoms with van der Waals surface area (Å²) in [5, 5.41) is 1.83. The molecule has 1 aliphatic heterocycles. The lowest BCUT2D eigenvalue weighted by Crippen LogP contribution is -2.26. The van der Waals surface area contributed by atoms with E-state index in [1.807, 2.05) is 30.3 Å². The summed E-state index contributed by atoms with van der Waals surface area (Å²) in [6.07, 6.45) is -0.751. The van der Waals surface area contributed by atoms with E-state index in [1.165, 1.54) is 18.2 Å². The van der Waals surface area contributed by atoms with E-state index in [9.17, 15) is 18.4 Å². The molecule has 2 aromatic carbocycles. The Labute approximate surface area is 192 Å². The molecule has 1 fully saturated rings. The first-order chi connectivity index (χ1) is 16.3. The standard InChI is InChI=1S/C26H18F2N2O4/c27-26(28)33-20-7-6-17(12-21(20)34-26)25(9-10-25)22(31)13-18-11-15-3-1-2-4-19(15)24(30-18)16-5-8-23(32)29-14-16/h1-8,11-12,14H,9-10,13H2,(H,29,32). The molecule has 3 heterocycles. The van der Waals surface area contributed by atoms with Crippen LogP contribution in [0.15, 0.2) is 71.7 Å². The van der Waals surface area contributed by atoms with Crippen LogP contribution in [-0.4, -0.2) is 22.0 Å². The summed E-state index contributed by atoms with van der Waals surface area (Å²) < 4.78 is 35.9. The molecule has 34 heavy (non-hydrogen) atoms. The number of rotatable bonds is 5. The van der Waals surface area contributed by atoms with E-state index in [0.717, 1.165) is 16.3 Å². The fraction of sp³-hybridized carbons (Fsp3) is 0.192. The Morgan fingerprint density at radius 2 is 1.79 bits per heavy atom. The van der Waals surface area contributed by atoms with Crippen LogP contribution in [0, 0.1) is 0 Å². The minimum atomic E-state index is -3.70. The zero-order valence-corrected chi connectivity index (χ0v) is 17.8. The number of alkyl halides is 2. The molecular weight excluding hydrogens is 442 g/mol. The second-order valence-corrected chi connectivity index (χ2v) is 8.64. The molecule has 0 spiro atoms. The van der Waals surface area contributed by atoms with E-state index in [-0.39, 0.29) is 29.3 Å². The molecule has 0 unspecified atom stereocenters. The first kappa shape index (κ1) is 20.5. The van der Waals surface area contributed by atoms with Crippen molar-refractivity contribution in [2.24, 2.45) is 0 Å². The topological polar surface area (TPSA) is 81.3 Å². The van der Waals surface area contributed by atoms with Crippen molar-refractivity contribution < 1.29 is 23.0 Å². The quantitative estimate of drug-likeness (QED) is 0.465. The maximum absolute atomic E-state index is 13.4. The minimum Gasteiger partial charge on any atom is -0.395 e. The van der Waals surface area contributed by atoms with Crippen molar-refractivity contribution in [2.45, 2.75) is 31.0 Å². The molecule has 2 aliphatic rings. The van der Waals surface area contributed by atoms with E-state index in [0.29, 0.717) is 29.8 Å². The highest BCUT2D eigenvalue weighted by Gasteiger charge is 2.52. The van der Waals surface area contributed by atoms with Gasteiger partial charge < -0.3 is 14.5 Å². The van der Waals surface area contributed by atoms with Crippen molar-refractivity contribution in [3.05, 3.63) is 88.5 Å². The summed E-state index contributed by atoms with van der Waals surface area (Å²) in [6.45, 7) is 0. The Balaban J connectivity index is 1.34. The van der Waals surface area contributed by atoms with Gasteiger partial charge in [-0.05, 0) is 48.1 Å². The van der Waals surface area contributed by atoms with Crippen molar-refractivity contribution in [1.29, 1.82) is 0 Å². The van der Waals surface area contributed by atoms with Crippen LogP contribution in [0.4, 0.5) is 8.78 Å². The number of hydrogen-bond donors (Lipinski definition) is 1. The van der Waals surface area contributed by atoms with Gasteiger partial charge in [0, 0.05) is 35.3 Å². The fourth-order valence-corrected chi connectivity index (χ4v) is 4.56. The van der Waals surface area contributed by atoms with Gasteiger partial charge in [0.1, 0.15) is 5.78 Å². The van der Waals surface area contributed by atoms with E-state index >= 15 is 0 Å². The molecule has 6 rings (SSSR count). The molecule has 8 heteroatoms. The maximum Gasteiger partial charge on any atom is 0.586 e. The lowest BCUT2D eigenvalue weighted by molar-refractivity contribution is -0.286. The molecule has 0 atom stereocenters. The van der Waals surface area contributed by atoms with Crippen molar-refractivity contribution in [2.75, 3.05) is 0 Å². The number of benzene rings is 2. The van der Waals surface area contributed by atoms with Gasteiger partial charge in [-0.3, -0.25) is 14.6 Å². The van der Waals surface area contributed by atoms with Crippen LogP contribution in [0.5, 0.6) is 11.5 Å². The number of halogens is 2. The lowest BCUT2D eigenvalue weighted by atomic mass is 9.88. The van der Waals surface area contributed by atoms with Crippen LogP contribution >= 0.6 is 0 Å².